The van der Waals surface area contributed by atoms with Gasteiger partial charge in [0.25, 0.3) is 0 Å². The number of aryl methyl sites for hydroxylation is 2. The maximum atomic E-state index is 5.22. The van der Waals surface area contributed by atoms with E-state index in [-0.39, 0.29) is 0 Å². The lowest BCUT2D eigenvalue weighted by Gasteiger charge is -2.09. The van der Waals surface area contributed by atoms with Crippen LogP contribution in [0.4, 0.5) is 5.69 Å². The summed E-state index contributed by atoms with van der Waals surface area (Å²) < 4.78 is 10.3. The Morgan fingerprint density at radius 3 is 2.76 bits per heavy atom. The van der Waals surface area contributed by atoms with Crippen molar-refractivity contribution in [3.8, 4) is 5.75 Å². The fraction of sp³-hybridized carbons (Fsp3) is 0.333. The molecule has 0 saturated carbocycles. The van der Waals surface area contributed by atoms with Gasteiger partial charge in [-0.2, -0.15) is 0 Å². The highest BCUT2D eigenvalue weighted by molar-refractivity contribution is 5.55. The molecule has 2 heterocycles. The predicted octanol–water partition coefficient (Wildman–Crippen LogP) is 2.31. The Hall–Kier alpha value is -2.04. The van der Waals surface area contributed by atoms with Gasteiger partial charge in [0.05, 0.1) is 31.2 Å². The molecule has 2 rings (SSSR count). The summed E-state index contributed by atoms with van der Waals surface area (Å²) in [5.74, 6) is 1.51. The topological polar surface area (TPSA) is 60.2 Å². The minimum atomic E-state index is 0.570. The second-order valence-electron chi connectivity index (χ2n) is 3.81. The highest BCUT2D eigenvalue weighted by Gasteiger charge is 2.05. The van der Waals surface area contributed by atoms with Crippen LogP contribution in [0.2, 0.25) is 0 Å². The van der Waals surface area contributed by atoms with E-state index in [0.717, 1.165) is 22.8 Å². The molecule has 0 atom stereocenters. The largest absolute Gasteiger partial charge is 0.493 e. The van der Waals surface area contributed by atoms with Crippen LogP contribution in [0.3, 0.4) is 0 Å². The minimum absolute atomic E-state index is 0.570. The summed E-state index contributed by atoms with van der Waals surface area (Å²) in [7, 11) is 1.62. The number of pyridine rings is 1. The molecule has 0 aliphatic heterocycles. The summed E-state index contributed by atoms with van der Waals surface area (Å²) in [6.07, 6.45) is 1.70. The van der Waals surface area contributed by atoms with Gasteiger partial charge in [0.1, 0.15) is 0 Å². The van der Waals surface area contributed by atoms with Crippen molar-refractivity contribution in [2.24, 2.45) is 0 Å². The summed E-state index contributed by atoms with van der Waals surface area (Å²) in [5, 5.41) is 7.07. The number of anilines is 1. The van der Waals surface area contributed by atoms with Crippen LogP contribution in [-0.2, 0) is 6.54 Å². The molecular weight excluding hydrogens is 218 g/mol. The molecule has 0 fully saturated rings. The van der Waals surface area contributed by atoms with Crippen LogP contribution in [0.25, 0.3) is 0 Å². The standard InChI is InChI=1S/C12H15N3O2/c1-8-5-11(12(16-3)7-13-8)14-6-10-4-9(2)15-17-10/h4-5,7H,6H2,1-3H3,(H,13,14). The smallest absolute Gasteiger partial charge is 0.160 e. The van der Waals surface area contributed by atoms with Gasteiger partial charge in [-0.25, -0.2) is 0 Å². The van der Waals surface area contributed by atoms with E-state index < -0.39 is 0 Å². The van der Waals surface area contributed by atoms with E-state index in [9.17, 15) is 0 Å². The number of nitrogens with one attached hydrogen (secondary N) is 1. The van der Waals surface area contributed by atoms with Gasteiger partial charge >= 0.3 is 0 Å². The molecule has 0 aliphatic carbocycles. The lowest BCUT2D eigenvalue weighted by Crippen LogP contribution is -2.01. The van der Waals surface area contributed by atoms with Crippen molar-refractivity contribution in [1.29, 1.82) is 0 Å². The van der Waals surface area contributed by atoms with Crippen molar-refractivity contribution < 1.29 is 9.26 Å². The third kappa shape index (κ3) is 2.75. The Kier molecular flexibility index (Phi) is 3.27. The van der Waals surface area contributed by atoms with Gasteiger partial charge in [-0.15, -0.1) is 0 Å². The summed E-state index contributed by atoms with van der Waals surface area (Å²) in [6.45, 7) is 4.40. The monoisotopic (exact) mass is 233 g/mol. The zero-order valence-electron chi connectivity index (χ0n) is 10.2. The first-order valence-corrected chi connectivity index (χ1v) is 5.35. The Bertz CT molecular complexity index is 508. The lowest BCUT2D eigenvalue weighted by atomic mass is 10.3. The highest BCUT2D eigenvalue weighted by Crippen LogP contribution is 2.24. The van der Waals surface area contributed by atoms with E-state index in [2.05, 4.69) is 15.5 Å². The van der Waals surface area contributed by atoms with Gasteiger partial charge in [0, 0.05) is 11.8 Å². The average Bonchev–Trinajstić information content (AvgIpc) is 2.73. The number of rotatable bonds is 4. The quantitative estimate of drug-likeness (QED) is 0.878. The fourth-order valence-corrected chi connectivity index (χ4v) is 1.53. The predicted molar refractivity (Wildman–Crippen MR) is 64.1 cm³/mol. The number of aromatic nitrogens is 2. The van der Waals surface area contributed by atoms with Crippen LogP contribution in [0, 0.1) is 13.8 Å². The highest BCUT2D eigenvalue weighted by atomic mass is 16.5. The van der Waals surface area contributed by atoms with Crippen molar-refractivity contribution in [1.82, 2.24) is 10.1 Å². The molecule has 0 radical (unpaired) electrons. The van der Waals surface area contributed by atoms with E-state index in [1.54, 1.807) is 13.3 Å². The van der Waals surface area contributed by atoms with Crippen LogP contribution in [0.15, 0.2) is 22.9 Å². The molecule has 90 valence electrons. The Morgan fingerprint density at radius 1 is 1.29 bits per heavy atom. The van der Waals surface area contributed by atoms with E-state index >= 15 is 0 Å². The van der Waals surface area contributed by atoms with E-state index in [1.807, 2.05) is 26.0 Å². The zero-order valence-corrected chi connectivity index (χ0v) is 10.2. The SMILES string of the molecule is COc1cnc(C)cc1NCc1cc(C)no1. The molecule has 5 heteroatoms. The van der Waals surface area contributed by atoms with Crippen molar-refractivity contribution >= 4 is 5.69 Å². The molecule has 17 heavy (non-hydrogen) atoms. The number of hydrogen-bond donors (Lipinski definition) is 1. The average molecular weight is 233 g/mol. The van der Waals surface area contributed by atoms with Crippen molar-refractivity contribution in [3.63, 3.8) is 0 Å². The Labute approximate surface area is 99.8 Å². The summed E-state index contributed by atoms with van der Waals surface area (Å²) in [6, 6.07) is 3.83. The van der Waals surface area contributed by atoms with Gasteiger partial charge in [-0.3, -0.25) is 4.98 Å². The normalized spacial score (nSPS) is 10.3. The van der Waals surface area contributed by atoms with Crippen LogP contribution in [0.5, 0.6) is 5.75 Å². The van der Waals surface area contributed by atoms with Crippen molar-refractivity contribution in [3.05, 3.63) is 35.5 Å². The second-order valence-corrected chi connectivity index (χ2v) is 3.81. The molecule has 0 amide bonds. The third-order valence-electron chi connectivity index (χ3n) is 2.35. The first kappa shape index (κ1) is 11.4. The molecule has 2 aromatic rings. The molecule has 5 nitrogen and oxygen atoms in total. The van der Waals surface area contributed by atoms with Gasteiger partial charge in [-0.1, -0.05) is 5.16 Å². The Balaban J connectivity index is 2.10. The molecule has 0 spiro atoms. The van der Waals surface area contributed by atoms with Gasteiger partial charge in [0.15, 0.2) is 11.5 Å². The van der Waals surface area contributed by atoms with Crippen LogP contribution >= 0.6 is 0 Å². The van der Waals surface area contributed by atoms with Crippen molar-refractivity contribution in [2.75, 3.05) is 12.4 Å². The summed E-state index contributed by atoms with van der Waals surface area (Å²) >= 11 is 0. The molecule has 1 N–H and O–H groups in total. The van der Waals surface area contributed by atoms with Crippen LogP contribution in [0.1, 0.15) is 17.1 Å². The van der Waals surface area contributed by atoms with Crippen molar-refractivity contribution in [2.45, 2.75) is 20.4 Å². The molecule has 0 unspecified atom stereocenters. The number of ether oxygens (including phenoxy) is 1. The molecule has 0 aliphatic rings. The van der Waals surface area contributed by atoms with Crippen LogP contribution in [-0.4, -0.2) is 17.3 Å². The molecule has 0 saturated heterocycles. The molecule has 0 bridgehead atoms. The second kappa shape index (κ2) is 4.86. The maximum absolute atomic E-state index is 5.22. The zero-order chi connectivity index (χ0) is 12.3. The van der Waals surface area contributed by atoms with Crippen LogP contribution < -0.4 is 10.1 Å². The third-order valence-corrected chi connectivity index (χ3v) is 2.35. The van der Waals surface area contributed by atoms with E-state index in [4.69, 9.17) is 9.26 Å². The maximum Gasteiger partial charge on any atom is 0.160 e. The van der Waals surface area contributed by atoms with Gasteiger partial charge < -0.3 is 14.6 Å². The summed E-state index contributed by atoms with van der Waals surface area (Å²) in [4.78, 5) is 4.17. The van der Waals surface area contributed by atoms with Gasteiger partial charge in [0.2, 0.25) is 0 Å². The lowest BCUT2D eigenvalue weighted by molar-refractivity contribution is 0.383. The number of methoxy groups -OCH3 is 1. The summed E-state index contributed by atoms with van der Waals surface area (Å²) in [5.41, 5.74) is 2.70. The molecule has 2 aromatic heterocycles. The van der Waals surface area contributed by atoms with Gasteiger partial charge in [-0.05, 0) is 19.9 Å². The first-order valence-electron chi connectivity index (χ1n) is 5.35. The Morgan fingerprint density at radius 2 is 2.12 bits per heavy atom. The number of nitrogens with zero attached hydrogens (tertiary/aromatic N) is 2. The van der Waals surface area contributed by atoms with E-state index in [1.165, 1.54) is 0 Å². The fourth-order valence-electron chi connectivity index (χ4n) is 1.53. The first-order chi connectivity index (χ1) is 8.19. The number of hydrogen-bond acceptors (Lipinski definition) is 5. The van der Waals surface area contributed by atoms with E-state index in [0.29, 0.717) is 12.3 Å². The minimum Gasteiger partial charge on any atom is -0.493 e. The molecule has 0 aromatic carbocycles. The molecular formula is C12H15N3O2.